The second-order valence-electron chi connectivity index (χ2n) is 2.92. The lowest BCUT2D eigenvalue weighted by atomic mass is 10.2. The van der Waals surface area contributed by atoms with E-state index < -0.39 is 0 Å². The van der Waals surface area contributed by atoms with Crippen molar-refractivity contribution in [3.8, 4) is 0 Å². The largest absolute Gasteiger partial charge is 0.0938 e. The first-order valence-corrected chi connectivity index (χ1v) is 7.20. The Balaban J connectivity index is 2.07. The molecule has 0 atom stereocenters. The maximum Gasteiger partial charge on any atom is 0.0288 e. The molecule has 72 valence electrons. The molecule has 0 bridgehead atoms. The monoisotopic (exact) mass is 212 g/mol. The maximum atomic E-state index is 2.24. The van der Waals surface area contributed by atoms with E-state index >= 15 is 0 Å². The van der Waals surface area contributed by atoms with E-state index in [0.29, 0.717) is 0 Å². The Morgan fingerprint density at radius 1 is 1.08 bits per heavy atom. The summed E-state index contributed by atoms with van der Waals surface area (Å²) in [7, 11) is 3.95. The molecule has 0 radical (unpaired) electrons. The highest BCUT2D eigenvalue weighted by molar-refractivity contribution is 8.76. The minimum atomic E-state index is 1.13. The predicted molar refractivity (Wildman–Crippen MR) is 65.1 cm³/mol. The second kappa shape index (κ2) is 7.34. The molecule has 0 saturated carbocycles. The number of benzene rings is 1. The molecule has 0 nitrogen and oxygen atoms in total. The SMILES string of the molecule is CCCCSSCc1ccccc1. The van der Waals surface area contributed by atoms with Crippen LogP contribution in [0.5, 0.6) is 0 Å². The highest BCUT2D eigenvalue weighted by Crippen LogP contribution is 2.26. The summed E-state index contributed by atoms with van der Waals surface area (Å²) < 4.78 is 0. The third-order valence-electron chi connectivity index (χ3n) is 1.73. The minimum Gasteiger partial charge on any atom is -0.0938 e. The minimum absolute atomic E-state index is 1.13. The molecule has 0 aliphatic rings. The summed E-state index contributed by atoms with van der Waals surface area (Å²) >= 11 is 0. The van der Waals surface area contributed by atoms with Crippen LogP contribution in [0.25, 0.3) is 0 Å². The molecule has 0 amide bonds. The molecule has 0 heterocycles. The lowest BCUT2D eigenvalue weighted by Gasteiger charge is -1.99. The zero-order valence-electron chi connectivity index (χ0n) is 8.03. The first-order valence-electron chi connectivity index (χ1n) is 4.72. The van der Waals surface area contributed by atoms with E-state index in [1.807, 2.05) is 21.6 Å². The molecule has 1 aromatic carbocycles. The van der Waals surface area contributed by atoms with Crippen molar-refractivity contribution >= 4 is 21.6 Å². The smallest absolute Gasteiger partial charge is 0.0288 e. The van der Waals surface area contributed by atoms with Crippen LogP contribution in [0.4, 0.5) is 0 Å². The van der Waals surface area contributed by atoms with Crippen LogP contribution in [-0.4, -0.2) is 5.75 Å². The van der Waals surface area contributed by atoms with Crippen LogP contribution in [-0.2, 0) is 5.75 Å². The maximum absolute atomic E-state index is 2.24. The number of unbranched alkanes of at least 4 members (excludes halogenated alkanes) is 1. The first kappa shape index (κ1) is 11.0. The van der Waals surface area contributed by atoms with Crippen molar-refractivity contribution in [2.75, 3.05) is 5.75 Å². The average Bonchev–Trinajstić information content (AvgIpc) is 2.19. The lowest BCUT2D eigenvalue weighted by Crippen LogP contribution is -1.77. The molecule has 2 heteroatoms. The van der Waals surface area contributed by atoms with Gasteiger partial charge in [-0.05, 0) is 12.0 Å². The molecule has 0 fully saturated rings. The van der Waals surface area contributed by atoms with E-state index in [2.05, 4.69) is 37.3 Å². The van der Waals surface area contributed by atoms with Crippen molar-refractivity contribution in [2.24, 2.45) is 0 Å². The molecule has 0 spiro atoms. The van der Waals surface area contributed by atoms with Gasteiger partial charge in [-0.25, -0.2) is 0 Å². The van der Waals surface area contributed by atoms with Crippen molar-refractivity contribution in [2.45, 2.75) is 25.5 Å². The number of hydrogen-bond acceptors (Lipinski definition) is 2. The Labute approximate surface area is 88.9 Å². The number of rotatable bonds is 6. The van der Waals surface area contributed by atoms with Gasteiger partial charge < -0.3 is 0 Å². The Morgan fingerprint density at radius 3 is 2.54 bits per heavy atom. The normalized spacial score (nSPS) is 10.2. The van der Waals surface area contributed by atoms with Crippen molar-refractivity contribution in [3.63, 3.8) is 0 Å². The summed E-state index contributed by atoms with van der Waals surface area (Å²) in [6.45, 7) is 2.24. The van der Waals surface area contributed by atoms with E-state index in [4.69, 9.17) is 0 Å². The van der Waals surface area contributed by atoms with E-state index in [0.717, 1.165) is 5.75 Å². The molecule has 0 aromatic heterocycles. The van der Waals surface area contributed by atoms with Crippen molar-refractivity contribution in [3.05, 3.63) is 35.9 Å². The molecule has 0 aliphatic heterocycles. The van der Waals surface area contributed by atoms with Crippen LogP contribution >= 0.6 is 21.6 Å². The summed E-state index contributed by atoms with van der Waals surface area (Å²) in [6.07, 6.45) is 2.64. The van der Waals surface area contributed by atoms with Gasteiger partial charge >= 0.3 is 0 Å². The van der Waals surface area contributed by atoms with E-state index in [9.17, 15) is 0 Å². The topological polar surface area (TPSA) is 0 Å². The zero-order valence-corrected chi connectivity index (χ0v) is 9.66. The molecule has 0 unspecified atom stereocenters. The van der Waals surface area contributed by atoms with Crippen molar-refractivity contribution in [1.82, 2.24) is 0 Å². The van der Waals surface area contributed by atoms with Crippen LogP contribution in [0.2, 0.25) is 0 Å². The average molecular weight is 212 g/mol. The summed E-state index contributed by atoms with van der Waals surface area (Å²) in [6, 6.07) is 10.7. The highest BCUT2D eigenvalue weighted by atomic mass is 33.1. The van der Waals surface area contributed by atoms with Crippen LogP contribution in [0.3, 0.4) is 0 Å². The third-order valence-corrected chi connectivity index (χ3v) is 4.16. The molecule has 1 aromatic rings. The van der Waals surface area contributed by atoms with Gasteiger partial charge in [-0.15, -0.1) is 0 Å². The lowest BCUT2D eigenvalue weighted by molar-refractivity contribution is 0.898. The molecule has 0 N–H and O–H groups in total. The van der Waals surface area contributed by atoms with Crippen LogP contribution in [0.15, 0.2) is 30.3 Å². The quantitative estimate of drug-likeness (QED) is 0.507. The molecular formula is C11H16S2. The fraction of sp³-hybridized carbons (Fsp3) is 0.455. The third kappa shape index (κ3) is 5.27. The van der Waals surface area contributed by atoms with Gasteiger partial charge in [0, 0.05) is 11.5 Å². The molecular weight excluding hydrogens is 196 g/mol. The summed E-state index contributed by atoms with van der Waals surface area (Å²) in [5.74, 6) is 2.42. The zero-order chi connectivity index (χ0) is 9.36. The molecule has 13 heavy (non-hydrogen) atoms. The Kier molecular flexibility index (Phi) is 6.21. The fourth-order valence-corrected chi connectivity index (χ4v) is 3.25. The van der Waals surface area contributed by atoms with Crippen LogP contribution in [0.1, 0.15) is 25.3 Å². The Hall–Kier alpha value is -0.0800. The van der Waals surface area contributed by atoms with Gasteiger partial charge in [0.15, 0.2) is 0 Å². The van der Waals surface area contributed by atoms with Gasteiger partial charge in [0.1, 0.15) is 0 Å². The Bertz CT molecular complexity index is 209. The van der Waals surface area contributed by atoms with E-state index in [1.54, 1.807) is 0 Å². The van der Waals surface area contributed by atoms with Crippen molar-refractivity contribution in [1.29, 1.82) is 0 Å². The van der Waals surface area contributed by atoms with Crippen molar-refractivity contribution < 1.29 is 0 Å². The van der Waals surface area contributed by atoms with Crippen LogP contribution in [0, 0.1) is 0 Å². The van der Waals surface area contributed by atoms with Gasteiger partial charge in [-0.2, -0.15) is 0 Å². The van der Waals surface area contributed by atoms with Gasteiger partial charge in [0.25, 0.3) is 0 Å². The summed E-state index contributed by atoms with van der Waals surface area (Å²) in [4.78, 5) is 0. The summed E-state index contributed by atoms with van der Waals surface area (Å²) in [5, 5.41) is 0. The molecule has 0 saturated heterocycles. The second-order valence-corrected chi connectivity index (χ2v) is 5.51. The fourth-order valence-electron chi connectivity index (χ4n) is 0.946. The van der Waals surface area contributed by atoms with E-state index in [1.165, 1.54) is 24.2 Å². The summed E-state index contributed by atoms with van der Waals surface area (Å²) in [5.41, 5.74) is 1.43. The van der Waals surface area contributed by atoms with Gasteiger partial charge in [-0.3, -0.25) is 0 Å². The van der Waals surface area contributed by atoms with E-state index in [-0.39, 0.29) is 0 Å². The van der Waals surface area contributed by atoms with Crippen LogP contribution < -0.4 is 0 Å². The van der Waals surface area contributed by atoms with Gasteiger partial charge in [0.2, 0.25) is 0 Å². The highest BCUT2D eigenvalue weighted by Gasteiger charge is 1.92. The first-order chi connectivity index (χ1) is 6.43. The van der Waals surface area contributed by atoms with Gasteiger partial charge in [-0.1, -0.05) is 65.3 Å². The number of hydrogen-bond donors (Lipinski definition) is 0. The van der Waals surface area contributed by atoms with Gasteiger partial charge in [0.05, 0.1) is 0 Å². The Morgan fingerprint density at radius 2 is 1.85 bits per heavy atom. The molecule has 1 rings (SSSR count). The molecule has 0 aliphatic carbocycles. The standard InChI is InChI=1S/C11H16S2/c1-2-3-9-12-13-10-11-7-5-4-6-8-11/h4-8H,2-3,9-10H2,1H3. The predicted octanol–water partition coefficient (Wildman–Crippen LogP) is 4.37.